The largest absolute Gasteiger partial charge is 0.324 e. The predicted molar refractivity (Wildman–Crippen MR) is 64.5 cm³/mol. The number of carbonyl (C=O) groups excluding carboxylic acids is 1. The second-order valence-corrected chi connectivity index (χ2v) is 3.05. The van der Waals surface area contributed by atoms with Crippen molar-refractivity contribution in [1.29, 1.82) is 0 Å². The van der Waals surface area contributed by atoms with Gasteiger partial charge >= 0.3 is 0 Å². The molecule has 2 aromatic rings. The topological polar surface area (TPSA) is 34.9 Å². The van der Waals surface area contributed by atoms with E-state index in [0.29, 0.717) is 12.2 Å². The number of aromatic nitrogens is 2. The minimum atomic E-state index is 0.605. The summed E-state index contributed by atoms with van der Waals surface area (Å²) in [6.07, 6.45) is 4.04. The molecule has 16 heavy (non-hydrogen) atoms. The fraction of sp³-hybridized carbons (Fsp3) is 0.231. The lowest BCUT2D eigenvalue weighted by atomic mass is 10.2. The van der Waals surface area contributed by atoms with Crippen LogP contribution in [0.1, 0.15) is 29.9 Å². The summed E-state index contributed by atoms with van der Waals surface area (Å²) in [4.78, 5) is 14.5. The van der Waals surface area contributed by atoms with Crippen LogP contribution in [-0.4, -0.2) is 15.8 Å². The third-order valence-corrected chi connectivity index (χ3v) is 2.06. The summed E-state index contributed by atoms with van der Waals surface area (Å²) in [5.41, 5.74) is 1.77. The Bertz CT molecular complexity index is 421. The van der Waals surface area contributed by atoms with Crippen molar-refractivity contribution in [3.8, 4) is 0 Å². The molecule has 0 saturated heterocycles. The zero-order chi connectivity index (χ0) is 11.8. The normalized spacial score (nSPS) is 9.12. The van der Waals surface area contributed by atoms with E-state index in [-0.39, 0.29) is 0 Å². The van der Waals surface area contributed by atoms with Gasteiger partial charge in [-0.1, -0.05) is 44.2 Å². The Labute approximate surface area is 95.8 Å². The number of carbonyl (C=O) groups is 1. The van der Waals surface area contributed by atoms with Crippen molar-refractivity contribution in [3.63, 3.8) is 0 Å². The van der Waals surface area contributed by atoms with Gasteiger partial charge in [0.15, 0.2) is 6.29 Å². The number of benzene rings is 1. The lowest BCUT2D eigenvalue weighted by Gasteiger charge is -2.03. The molecule has 0 radical (unpaired) electrons. The average molecular weight is 216 g/mol. The van der Waals surface area contributed by atoms with Crippen LogP contribution < -0.4 is 0 Å². The van der Waals surface area contributed by atoms with Gasteiger partial charge in [-0.2, -0.15) is 0 Å². The molecule has 0 unspecified atom stereocenters. The van der Waals surface area contributed by atoms with Crippen LogP contribution in [0.15, 0.2) is 42.9 Å². The van der Waals surface area contributed by atoms with Crippen LogP contribution in [0.5, 0.6) is 0 Å². The van der Waals surface area contributed by atoms with E-state index >= 15 is 0 Å². The van der Waals surface area contributed by atoms with E-state index in [4.69, 9.17) is 0 Å². The fourth-order valence-electron chi connectivity index (χ4n) is 1.34. The monoisotopic (exact) mass is 216 g/mol. The van der Waals surface area contributed by atoms with E-state index in [9.17, 15) is 4.79 Å². The van der Waals surface area contributed by atoms with Gasteiger partial charge < -0.3 is 4.57 Å². The van der Waals surface area contributed by atoms with Crippen molar-refractivity contribution in [1.82, 2.24) is 9.55 Å². The first-order valence-corrected chi connectivity index (χ1v) is 5.39. The first kappa shape index (κ1) is 12.2. The zero-order valence-electron chi connectivity index (χ0n) is 9.63. The predicted octanol–water partition coefficient (Wildman–Crippen LogP) is 2.77. The lowest BCUT2D eigenvalue weighted by molar-refractivity contribution is 0.111. The number of imidazole rings is 1. The molecule has 0 atom stereocenters. The standard InChI is InChI=1S/C11H10N2O.C2H6/c14-8-11-6-12-9-13(11)7-10-4-2-1-3-5-10;1-2/h1-6,8-9H,7H2;1-2H3. The van der Waals surface area contributed by atoms with Gasteiger partial charge in [0, 0.05) is 6.54 Å². The summed E-state index contributed by atoms with van der Waals surface area (Å²) in [5, 5.41) is 0. The molecule has 0 N–H and O–H groups in total. The fourth-order valence-corrected chi connectivity index (χ4v) is 1.34. The molecule has 2 rings (SSSR count). The summed E-state index contributed by atoms with van der Waals surface area (Å²) < 4.78 is 1.82. The van der Waals surface area contributed by atoms with E-state index in [1.54, 1.807) is 12.5 Å². The summed E-state index contributed by atoms with van der Waals surface area (Å²) in [5.74, 6) is 0. The molecule has 3 nitrogen and oxygen atoms in total. The van der Waals surface area contributed by atoms with Crippen LogP contribution in [-0.2, 0) is 6.54 Å². The molecule has 3 heteroatoms. The third-order valence-electron chi connectivity index (χ3n) is 2.06. The Balaban J connectivity index is 0.000000606. The minimum Gasteiger partial charge on any atom is -0.324 e. The Hall–Kier alpha value is -1.90. The SMILES string of the molecule is CC.O=Cc1cncn1Cc1ccccc1. The van der Waals surface area contributed by atoms with E-state index in [1.807, 2.05) is 48.7 Å². The van der Waals surface area contributed by atoms with Gasteiger partial charge in [-0.3, -0.25) is 4.79 Å². The van der Waals surface area contributed by atoms with Crippen molar-refractivity contribution < 1.29 is 4.79 Å². The number of hydrogen-bond acceptors (Lipinski definition) is 2. The number of nitrogens with zero attached hydrogens (tertiary/aromatic N) is 2. The molecule has 0 bridgehead atoms. The summed E-state index contributed by atoms with van der Waals surface area (Å²) >= 11 is 0. The number of rotatable bonds is 3. The number of hydrogen-bond donors (Lipinski definition) is 0. The first-order valence-electron chi connectivity index (χ1n) is 5.39. The van der Waals surface area contributed by atoms with Crippen molar-refractivity contribution in [2.24, 2.45) is 0 Å². The van der Waals surface area contributed by atoms with Gasteiger partial charge in [0.2, 0.25) is 0 Å². The highest BCUT2D eigenvalue weighted by atomic mass is 16.1. The van der Waals surface area contributed by atoms with Gasteiger partial charge in [0.1, 0.15) is 5.69 Å². The highest BCUT2D eigenvalue weighted by molar-refractivity contribution is 5.71. The zero-order valence-corrected chi connectivity index (χ0v) is 9.63. The van der Waals surface area contributed by atoms with E-state index in [1.165, 1.54) is 0 Å². The molecule has 1 aromatic heterocycles. The number of aldehydes is 1. The first-order chi connectivity index (χ1) is 7.90. The van der Waals surface area contributed by atoms with E-state index in [2.05, 4.69) is 4.98 Å². The maximum Gasteiger partial charge on any atom is 0.168 e. The maximum absolute atomic E-state index is 10.6. The van der Waals surface area contributed by atoms with Crippen molar-refractivity contribution >= 4 is 6.29 Å². The smallest absolute Gasteiger partial charge is 0.168 e. The van der Waals surface area contributed by atoms with Crippen molar-refractivity contribution in [2.45, 2.75) is 20.4 Å². The van der Waals surface area contributed by atoms with Crippen LogP contribution in [0.2, 0.25) is 0 Å². The van der Waals surface area contributed by atoms with Crippen molar-refractivity contribution in [3.05, 3.63) is 54.1 Å². The molecule has 0 aliphatic heterocycles. The molecular weight excluding hydrogens is 200 g/mol. The average Bonchev–Trinajstić information content (AvgIpc) is 2.80. The molecule has 1 heterocycles. The minimum absolute atomic E-state index is 0.605. The van der Waals surface area contributed by atoms with Crippen LogP contribution in [0.4, 0.5) is 0 Å². The van der Waals surface area contributed by atoms with Gasteiger partial charge in [0.25, 0.3) is 0 Å². The molecule has 0 amide bonds. The Morgan fingerprint density at radius 3 is 2.56 bits per heavy atom. The molecule has 0 spiro atoms. The van der Waals surface area contributed by atoms with Crippen LogP contribution in [0.3, 0.4) is 0 Å². The highest BCUT2D eigenvalue weighted by Gasteiger charge is 2.00. The quantitative estimate of drug-likeness (QED) is 0.739. The lowest BCUT2D eigenvalue weighted by Crippen LogP contribution is -2.01. The highest BCUT2D eigenvalue weighted by Crippen LogP contribution is 2.04. The molecule has 1 aromatic carbocycles. The van der Waals surface area contributed by atoms with Gasteiger partial charge in [-0.05, 0) is 5.56 Å². The van der Waals surface area contributed by atoms with Crippen molar-refractivity contribution in [2.75, 3.05) is 0 Å². The van der Waals surface area contributed by atoms with E-state index < -0.39 is 0 Å². The Kier molecular flexibility index (Phi) is 4.99. The maximum atomic E-state index is 10.6. The van der Waals surface area contributed by atoms with E-state index in [0.717, 1.165) is 11.8 Å². The van der Waals surface area contributed by atoms with Crippen LogP contribution in [0.25, 0.3) is 0 Å². The van der Waals surface area contributed by atoms with Crippen LogP contribution >= 0.6 is 0 Å². The molecule has 0 aliphatic rings. The van der Waals surface area contributed by atoms with Gasteiger partial charge in [-0.25, -0.2) is 4.98 Å². The Morgan fingerprint density at radius 1 is 1.25 bits per heavy atom. The summed E-state index contributed by atoms with van der Waals surface area (Å²) in [7, 11) is 0. The van der Waals surface area contributed by atoms with Gasteiger partial charge in [-0.15, -0.1) is 0 Å². The molecule has 84 valence electrons. The Morgan fingerprint density at radius 2 is 1.94 bits per heavy atom. The van der Waals surface area contributed by atoms with Crippen LogP contribution in [0, 0.1) is 0 Å². The summed E-state index contributed by atoms with van der Waals surface area (Å²) in [6.45, 7) is 4.69. The third kappa shape index (κ3) is 3.05. The summed E-state index contributed by atoms with van der Waals surface area (Å²) in [6, 6.07) is 9.97. The molecule has 0 saturated carbocycles. The second-order valence-electron chi connectivity index (χ2n) is 3.05. The molecule has 0 aliphatic carbocycles. The molecule has 0 fully saturated rings. The second kappa shape index (κ2) is 6.56. The molecular formula is C13H16N2O. The van der Waals surface area contributed by atoms with Gasteiger partial charge in [0.05, 0.1) is 12.5 Å².